The molecule has 0 aliphatic carbocycles. The van der Waals surface area contributed by atoms with Gasteiger partial charge in [0.1, 0.15) is 24.0 Å². The Morgan fingerprint density at radius 1 is 0.971 bits per heavy atom. The minimum atomic E-state index is -0.513. The van der Waals surface area contributed by atoms with Crippen molar-refractivity contribution in [3.05, 3.63) is 86.3 Å². The second kappa shape index (κ2) is 13.0. The first kappa shape index (κ1) is 26.3. The van der Waals surface area contributed by atoms with Crippen molar-refractivity contribution < 1.29 is 19.0 Å². The van der Waals surface area contributed by atoms with Crippen LogP contribution in [0.4, 0.5) is 5.69 Å². The van der Waals surface area contributed by atoms with Crippen LogP contribution in [0, 0.1) is 11.3 Å². The third kappa shape index (κ3) is 7.61. The van der Waals surface area contributed by atoms with E-state index in [4.69, 9.17) is 14.2 Å². The van der Waals surface area contributed by atoms with Crippen LogP contribution in [-0.2, 0) is 11.4 Å². The number of amides is 1. The standard InChI is InChI=1S/C27H24Br2N2O4/c1-3-33-23-11-9-22(10-12-23)31-27(32)20(16-30)13-19-14-24(29)26(25(15-19)34-4-2)35-17-18-5-7-21(28)8-6-18/h5-15H,3-4,17H2,1-2H3,(H,31,32)/b20-13-. The summed E-state index contributed by atoms with van der Waals surface area (Å²) in [5.74, 6) is 1.25. The lowest BCUT2D eigenvalue weighted by atomic mass is 10.1. The lowest BCUT2D eigenvalue weighted by Gasteiger charge is -2.15. The SMILES string of the molecule is CCOc1ccc(NC(=O)/C(C#N)=C\c2cc(Br)c(OCc3ccc(Br)cc3)c(OCC)c2)cc1. The molecule has 1 amide bonds. The summed E-state index contributed by atoms with van der Waals surface area (Å²) in [5.41, 5.74) is 2.14. The molecule has 3 rings (SSSR count). The van der Waals surface area contributed by atoms with Gasteiger partial charge in [-0.15, -0.1) is 0 Å². The predicted octanol–water partition coefficient (Wildman–Crippen LogP) is 7.13. The van der Waals surface area contributed by atoms with Gasteiger partial charge in [0, 0.05) is 10.2 Å². The molecule has 0 atom stereocenters. The molecule has 6 nitrogen and oxygen atoms in total. The highest BCUT2D eigenvalue weighted by molar-refractivity contribution is 9.10. The summed E-state index contributed by atoms with van der Waals surface area (Å²) in [7, 11) is 0. The van der Waals surface area contributed by atoms with Crippen LogP contribution in [0.15, 0.2) is 75.2 Å². The van der Waals surface area contributed by atoms with Gasteiger partial charge in [-0.2, -0.15) is 5.26 Å². The van der Waals surface area contributed by atoms with Gasteiger partial charge in [0.05, 0.1) is 17.7 Å². The molecule has 3 aromatic carbocycles. The van der Waals surface area contributed by atoms with Gasteiger partial charge in [-0.1, -0.05) is 28.1 Å². The molecule has 8 heteroatoms. The Balaban J connectivity index is 1.79. The molecular formula is C27H24Br2N2O4. The van der Waals surface area contributed by atoms with E-state index in [1.165, 1.54) is 6.08 Å². The largest absolute Gasteiger partial charge is 0.494 e. The third-order valence-electron chi connectivity index (χ3n) is 4.73. The molecule has 0 spiro atoms. The fourth-order valence-electron chi connectivity index (χ4n) is 3.13. The van der Waals surface area contributed by atoms with Gasteiger partial charge in [0.2, 0.25) is 0 Å². The Morgan fingerprint density at radius 2 is 1.66 bits per heavy atom. The van der Waals surface area contributed by atoms with Gasteiger partial charge in [-0.05, 0) is 95.5 Å². The number of hydrogen-bond acceptors (Lipinski definition) is 5. The third-order valence-corrected chi connectivity index (χ3v) is 5.85. The highest BCUT2D eigenvalue weighted by Crippen LogP contribution is 2.38. The van der Waals surface area contributed by atoms with Crippen LogP contribution in [0.2, 0.25) is 0 Å². The number of ether oxygens (including phenoxy) is 3. The molecule has 0 aliphatic heterocycles. The quantitative estimate of drug-likeness (QED) is 0.198. The fourth-order valence-corrected chi connectivity index (χ4v) is 3.96. The van der Waals surface area contributed by atoms with Gasteiger partial charge in [-0.3, -0.25) is 4.79 Å². The van der Waals surface area contributed by atoms with Crippen molar-refractivity contribution in [3.8, 4) is 23.3 Å². The van der Waals surface area contributed by atoms with E-state index in [2.05, 4.69) is 37.2 Å². The Bertz CT molecular complexity index is 1230. The van der Waals surface area contributed by atoms with Gasteiger partial charge >= 0.3 is 0 Å². The molecular weight excluding hydrogens is 576 g/mol. The molecule has 3 aromatic rings. The van der Waals surface area contributed by atoms with E-state index in [0.29, 0.717) is 52.8 Å². The molecule has 0 unspecified atom stereocenters. The lowest BCUT2D eigenvalue weighted by molar-refractivity contribution is -0.112. The summed E-state index contributed by atoms with van der Waals surface area (Å²) in [6, 6.07) is 20.3. The minimum Gasteiger partial charge on any atom is -0.494 e. The minimum absolute atomic E-state index is 0.0447. The van der Waals surface area contributed by atoms with Crippen LogP contribution >= 0.6 is 31.9 Å². The van der Waals surface area contributed by atoms with Crippen molar-refractivity contribution >= 4 is 49.5 Å². The van der Waals surface area contributed by atoms with E-state index < -0.39 is 5.91 Å². The second-order valence-electron chi connectivity index (χ2n) is 7.26. The summed E-state index contributed by atoms with van der Waals surface area (Å²) in [4.78, 5) is 12.7. The zero-order valence-electron chi connectivity index (χ0n) is 19.3. The average molecular weight is 600 g/mol. The van der Waals surface area contributed by atoms with Crippen molar-refractivity contribution in [2.75, 3.05) is 18.5 Å². The van der Waals surface area contributed by atoms with Crippen LogP contribution in [0.5, 0.6) is 17.2 Å². The van der Waals surface area contributed by atoms with Gasteiger partial charge in [0.15, 0.2) is 11.5 Å². The maximum Gasteiger partial charge on any atom is 0.266 e. The van der Waals surface area contributed by atoms with Crippen LogP contribution < -0.4 is 19.5 Å². The monoisotopic (exact) mass is 598 g/mol. The van der Waals surface area contributed by atoms with Crippen LogP contribution in [0.25, 0.3) is 6.08 Å². The maximum atomic E-state index is 12.7. The zero-order valence-corrected chi connectivity index (χ0v) is 22.5. The molecule has 0 heterocycles. The first-order valence-electron chi connectivity index (χ1n) is 10.9. The Labute approximate surface area is 221 Å². The van der Waals surface area contributed by atoms with Gasteiger partial charge in [0.25, 0.3) is 5.91 Å². The fraction of sp³-hybridized carbons (Fsp3) is 0.185. The number of anilines is 1. The van der Waals surface area contributed by atoms with Gasteiger partial charge in [-0.25, -0.2) is 0 Å². The molecule has 180 valence electrons. The maximum absolute atomic E-state index is 12.7. The molecule has 0 saturated heterocycles. The average Bonchev–Trinajstić information content (AvgIpc) is 2.84. The number of nitrogens with zero attached hydrogens (tertiary/aromatic N) is 1. The summed E-state index contributed by atoms with van der Waals surface area (Å²) in [6.45, 7) is 5.11. The summed E-state index contributed by atoms with van der Waals surface area (Å²) in [5, 5.41) is 12.3. The topological polar surface area (TPSA) is 80.6 Å². The summed E-state index contributed by atoms with van der Waals surface area (Å²) >= 11 is 6.96. The molecule has 0 aliphatic rings. The molecule has 0 fully saturated rings. The van der Waals surface area contributed by atoms with Crippen molar-refractivity contribution in [1.29, 1.82) is 5.26 Å². The first-order valence-corrected chi connectivity index (χ1v) is 12.5. The number of benzene rings is 3. The molecule has 0 bridgehead atoms. The van der Waals surface area contributed by atoms with Crippen molar-refractivity contribution in [1.82, 2.24) is 0 Å². The zero-order chi connectivity index (χ0) is 25.2. The molecule has 1 N–H and O–H groups in total. The molecule has 0 aromatic heterocycles. The van der Waals surface area contributed by atoms with Gasteiger partial charge < -0.3 is 19.5 Å². The molecule has 35 heavy (non-hydrogen) atoms. The Hall–Kier alpha value is -3.28. The first-order chi connectivity index (χ1) is 16.9. The number of carbonyl (C=O) groups excluding carboxylic acids is 1. The normalized spacial score (nSPS) is 10.9. The Kier molecular flexibility index (Phi) is 9.76. The lowest BCUT2D eigenvalue weighted by Crippen LogP contribution is -2.13. The van der Waals surface area contributed by atoms with Crippen LogP contribution in [0.1, 0.15) is 25.0 Å². The van der Waals surface area contributed by atoms with Crippen molar-refractivity contribution in [3.63, 3.8) is 0 Å². The number of carbonyl (C=O) groups is 1. The van der Waals surface area contributed by atoms with Crippen LogP contribution in [0.3, 0.4) is 0 Å². The van der Waals surface area contributed by atoms with E-state index >= 15 is 0 Å². The molecule has 0 radical (unpaired) electrons. The van der Waals surface area contributed by atoms with E-state index in [1.807, 2.05) is 44.2 Å². The number of nitrogens with one attached hydrogen (secondary N) is 1. The predicted molar refractivity (Wildman–Crippen MR) is 144 cm³/mol. The van der Waals surface area contributed by atoms with Crippen molar-refractivity contribution in [2.24, 2.45) is 0 Å². The van der Waals surface area contributed by atoms with E-state index in [9.17, 15) is 10.1 Å². The molecule has 0 saturated carbocycles. The number of nitriles is 1. The number of rotatable bonds is 10. The van der Waals surface area contributed by atoms with E-state index in [1.54, 1.807) is 36.4 Å². The van der Waals surface area contributed by atoms with E-state index in [-0.39, 0.29) is 5.57 Å². The summed E-state index contributed by atoms with van der Waals surface area (Å²) in [6.07, 6.45) is 1.51. The Morgan fingerprint density at radius 3 is 2.29 bits per heavy atom. The smallest absolute Gasteiger partial charge is 0.266 e. The van der Waals surface area contributed by atoms with Crippen molar-refractivity contribution in [2.45, 2.75) is 20.5 Å². The van der Waals surface area contributed by atoms with Crippen LogP contribution in [-0.4, -0.2) is 19.1 Å². The second-order valence-corrected chi connectivity index (χ2v) is 9.03. The number of halogens is 2. The highest BCUT2D eigenvalue weighted by atomic mass is 79.9. The highest BCUT2D eigenvalue weighted by Gasteiger charge is 2.15. The summed E-state index contributed by atoms with van der Waals surface area (Å²) < 4.78 is 18.9. The number of hydrogen-bond donors (Lipinski definition) is 1. The van der Waals surface area contributed by atoms with E-state index in [0.717, 1.165) is 10.0 Å².